The lowest BCUT2D eigenvalue weighted by Gasteiger charge is -2.25. The Morgan fingerprint density at radius 2 is 2.10 bits per heavy atom. The normalized spacial score (nSPS) is 16.6. The highest BCUT2D eigenvalue weighted by atomic mass is 32.1. The van der Waals surface area contributed by atoms with Crippen molar-refractivity contribution >= 4 is 16.3 Å². The highest BCUT2D eigenvalue weighted by molar-refractivity contribution is 7.19. The van der Waals surface area contributed by atoms with E-state index in [0.717, 1.165) is 54.3 Å². The van der Waals surface area contributed by atoms with Crippen LogP contribution in [-0.4, -0.2) is 56.0 Å². The van der Waals surface area contributed by atoms with Crippen LogP contribution in [0.25, 0.3) is 15.7 Å². The smallest absolute Gasteiger partial charge is 0.235 e. The van der Waals surface area contributed by atoms with Crippen LogP contribution in [0.15, 0.2) is 24.4 Å². The van der Waals surface area contributed by atoms with Crippen molar-refractivity contribution in [3.63, 3.8) is 0 Å². The molecule has 21 heavy (non-hydrogen) atoms. The topological polar surface area (TPSA) is 68.4 Å². The molecular formula is C13H14N6OS. The maximum Gasteiger partial charge on any atom is 0.235 e. The van der Waals surface area contributed by atoms with E-state index in [9.17, 15) is 0 Å². The summed E-state index contributed by atoms with van der Waals surface area (Å²) in [4.78, 5) is 7.44. The number of aromatic nitrogens is 5. The van der Waals surface area contributed by atoms with Gasteiger partial charge in [0.25, 0.3) is 0 Å². The van der Waals surface area contributed by atoms with Crippen LogP contribution in [0.4, 0.5) is 0 Å². The van der Waals surface area contributed by atoms with Crippen molar-refractivity contribution in [3.8, 4) is 10.7 Å². The summed E-state index contributed by atoms with van der Waals surface area (Å²) in [6.45, 7) is 4.14. The van der Waals surface area contributed by atoms with Crippen LogP contribution in [0.3, 0.4) is 0 Å². The molecule has 1 fully saturated rings. The highest BCUT2D eigenvalue weighted by Gasteiger charge is 2.17. The Hall–Kier alpha value is -1.90. The Morgan fingerprint density at radius 1 is 1.19 bits per heavy atom. The predicted molar refractivity (Wildman–Crippen MR) is 78.0 cm³/mol. The van der Waals surface area contributed by atoms with E-state index < -0.39 is 0 Å². The number of nitrogens with zero attached hydrogens (tertiary/aromatic N) is 6. The molecule has 1 saturated heterocycles. The summed E-state index contributed by atoms with van der Waals surface area (Å²) in [5, 5.41) is 13.9. The minimum atomic E-state index is 0.746. The van der Waals surface area contributed by atoms with Crippen molar-refractivity contribution in [2.45, 2.75) is 6.54 Å². The summed E-state index contributed by atoms with van der Waals surface area (Å²) in [5.41, 5.74) is 0.866. The lowest BCUT2D eigenvalue weighted by molar-refractivity contribution is 0.0328. The van der Waals surface area contributed by atoms with E-state index in [1.807, 2.05) is 22.7 Å². The predicted octanol–water partition coefficient (Wildman–Crippen LogP) is 1.08. The summed E-state index contributed by atoms with van der Waals surface area (Å²) in [6, 6.07) is 5.81. The average molecular weight is 302 g/mol. The van der Waals surface area contributed by atoms with E-state index in [4.69, 9.17) is 4.74 Å². The van der Waals surface area contributed by atoms with Gasteiger partial charge in [-0.05, 0) is 12.1 Å². The van der Waals surface area contributed by atoms with Crippen LogP contribution >= 0.6 is 11.3 Å². The van der Waals surface area contributed by atoms with Gasteiger partial charge in [0, 0.05) is 19.3 Å². The molecule has 0 N–H and O–H groups in total. The van der Waals surface area contributed by atoms with E-state index >= 15 is 0 Å². The molecule has 0 aliphatic carbocycles. The molecule has 108 valence electrons. The number of rotatable bonds is 3. The quantitative estimate of drug-likeness (QED) is 0.721. The second kappa shape index (κ2) is 5.47. The molecule has 0 aromatic carbocycles. The SMILES string of the molecule is c1ccc(-c2nn3c(CN4CCOCC4)nnc3s2)nc1. The van der Waals surface area contributed by atoms with Crippen molar-refractivity contribution in [2.24, 2.45) is 0 Å². The monoisotopic (exact) mass is 302 g/mol. The molecule has 0 unspecified atom stereocenters. The largest absolute Gasteiger partial charge is 0.379 e. The second-order valence-electron chi connectivity index (χ2n) is 4.82. The first-order valence-corrected chi connectivity index (χ1v) is 7.64. The lowest BCUT2D eigenvalue weighted by Crippen LogP contribution is -2.36. The number of hydrogen-bond donors (Lipinski definition) is 0. The van der Waals surface area contributed by atoms with Crippen LogP contribution in [-0.2, 0) is 11.3 Å². The van der Waals surface area contributed by atoms with E-state index in [1.54, 1.807) is 6.20 Å². The highest BCUT2D eigenvalue weighted by Crippen LogP contribution is 2.23. The molecule has 0 bridgehead atoms. The molecule has 1 aliphatic rings. The maximum atomic E-state index is 5.36. The van der Waals surface area contributed by atoms with Crippen molar-refractivity contribution in [2.75, 3.05) is 26.3 Å². The fourth-order valence-electron chi connectivity index (χ4n) is 2.31. The minimum Gasteiger partial charge on any atom is -0.379 e. The molecule has 7 nitrogen and oxygen atoms in total. The van der Waals surface area contributed by atoms with Crippen LogP contribution in [0.1, 0.15) is 5.82 Å². The number of pyridine rings is 1. The lowest BCUT2D eigenvalue weighted by atomic mass is 10.4. The Morgan fingerprint density at radius 3 is 2.90 bits per heavy atom. The van der Waals surface area contributed by atoms with Gasteiger partial charge in [0.05, 0.1) is 19.8 Å². The van der Waals surface area contributed by atoms with E-state index in [1.165, 1.54) is 11.3 Å². The zero-order chi connectivity index (χ0) is 14.1. The Bertz CT molecular complexity index is 734. The molecule has 4 heterocycles. The Balaban J connectivity index is 1.63. The summed E-state index contributed by atoms with van der Waals surface area (Å²) < 4.78 is 7.19. The van der Waals surface area contributed by atoms with Crippen LogP contribution < -0.4 is 0 Å². The number of hydrogen-bond acceptors (Lipinski definition) is 7. The van der Waals surface area contributed by atoms with Crippen LogP contribution in [0.5, 0.6) is 0 Å². The van der Waals surface area contributed by atoms with E-state index in [-0.39, 0.29) is 0 Å². The van der Waals surface area contributed by atoms with Gasteiger partial charge in [-0.15, -0.1) is 10.2 Å². The zero-order valence-electron chi connectivity index (χ0n) is 11.3. The number of ether oxygens (including phenoxy) is 1. The summed E-state index contributed by atoms with van der Waals surface area (Å²) in [7, 11) is 0. The first kappa shape index (κ1) is 12.8. The van der Waals surface area contributed by atoms with Crippen molar-refractivity contribution in [1.82, 2.24) is 29.7 Å². The van der Waals surface area contributed by atoms with Crippen molar-refractivity contribution in [1.29, 1.82) is 0 Å². The fourth-order valence-corrected chi connectivity index (χ4v) is 3.14. The minimum absolute atomic E-state index is 0.746. The summed E-state index contributed by atoms with van der Waals surface area (Å²) in [6.07, 6.45) is 1.77. The third-order valence-electron chi connectivity index (χ3n) is 3.41. The first-order chi connectivity index (χ1) is 10.4. The third-order valence-corrected chi connectivity index (χ3v) is 4.33. The molecule has 1 aliphatic heterocycles. The third kappa shape index (κ3) is 2.53. The van der Waals surface area contributed by atoms with E-state index in [2.05, 4.69) is 25.2 Å². The molecule has 0 saturated carbocycles. The fraction of sp³-hybridized carbons (Fsp3) is 0.385. The van der Waals surface area contributed by atoms with Crippen molar-refractivity contribution in [3.05, 3.63) is 30.2 Å². The molecule has 3 aromatic rings. The molecule has 4 rings (SSSR count). The molecule has 0 atom stereocenters. The molecule has 0 radical (unpaired) electrons. The molecule has 0 spiro atoms. The molecule has 3 aromatic heterocycles. The first-order valence-electron chi connectivity index (χ1n) is 6.83. The maximum absolute atomic E-state index is 5.36. The second-order valence-corrected chi connectivity index (χ2v) is 5.78. The zero-order valence-corrected chi connectivity index (χ0v) is 12.2. The molecule has 8 heteroatoms. The van der Waals surface area contributed by atoms with Gasteiger partial charge in [0.1, 0.15) is 5.69 Å². The number of fused-ring (bicyclic) bond motifs is 1. The van der Waals surface area contributed by atoms with Gasteiger partial charge in [0.2, 0.25) is 4.96 Å². The number of morpholine rings is 1. The van der Waals surface area contributed by atoms with Gasteiger partial charge in [-0.25, -0.2) is 0 Å². The van der Waals surface area contributed by atoms with Gasteiger partial charge in [-0.3, -0.25) is 9.88 Å². The van der Waals surface area contributed by atoms with E-state index in [0.29, 0.717) is 0 Å². The van der Waals surface area contributed by atoms with Gasteiger partial charge >= 0.3 is 0 Å². The summed E-state index contributed by atoms with van der Waals surface area (Å²) >= 11 is 1.51. The average Bonchev–Trinajstić information content (AvgIpc) is 3.11. The van der Waals surface area contributed by atoms with Crippen molar-refractivity contribution < 1.29 is 4.74 Å². The standard InChI is InChI=1S/C13H14N6OS/c1-2-4-14-10(3-1)12-17-19-11(15-16-13(19)21-12)9-18-5-7-20-8-6-18/h1-4H,5-9H2. The van der Waals surface area contributed by atoms with Gasteiger partial charge in [-0.2, -0.15) is 9.61 Å². The summed E-state index contributed by atoms with van der Waals surface area (Å²) in [5.74, 6) is 0.866. The van der Waals surface area contributed by atoms with Gasteiger partial charge < -0.3 is 4.74 Å². The van der Waals surface area contributed by atoms with Crippen LogP contribution in [0, 0.1) is 0 Å². The Labute approximate surface area is 125 Å². The molecular weight excluding hydrogens is 288 g/mol. The Kier molecular flexibility index (Phi) is 3.34. The van der Waals surface area contributed by atoms with Gasteiger partial charge in [0.15, 0.2) is 10.8 Å². The molecule has 0 amide bonds. The van der Waals surface area contributed by atoms with Crippen LogP contribution in [0.2, 0.25) is 0 Å². The van der Waals surface area contributed by atoms with Gasteiger partial charge in [-0.1, -0.05) is 17.4 Å².